The number of para-hydroxylation sites is 1. The van der Waals surface area contributed by atoms with E-state index in [0.717, 1.165) is 0 Å². The van der Waals surface area contributed by atoms with Crippen molar-refractivity contribution in [1.29, 1.82) is 5.26 Å². The van der Waals surface area contributed by atoms with Crippen molar-refractivity contribution in [1.82, 2.24) is 9.78 Å². The number of nitriles is 1. The van der Waals surface area contributed by atoms with E-state index in [2.05, 4.69) is 10.4 Å². The average molecular weight is 240 g/mol. The van der Waals surface area contributed by atoms with Crippen LogP contribution in [-0.2, 0) is 6.54 Å². The zero-order chi connectivity index (χ0) is 13.0. The maximum atomic E-state index is 11.9. The number of benzene rings is 1. The first-order chi connectivity index (χ1) is 8.74. The maximum absolute atomic E-state index is 11.9. The van der Waals surface area contributed by atoms with Gasteiger partial charge in [0.25, 0.3) is 5.91 Å². The topological polar surface area (TPSA) is 70.7 Å². The summed E-state index contributed by atoms with van der Waals surface area (Å²) in [7, 11) is 0. The van der Waals surface area contributed by atoms with E-state index in [-0.39, 0.29) is 5.91 Å². The van der Waals surface area contributed by atoms with Gasteiger partial charge < -0.3 is 5.32 Å². The molecule has 0 aliphatic carbocycles. The zero-order valence-corrected chi connectivity index (χ0v) is 9.92. The summed E-state index contributed by atoms with van der Waals surface area (Å²) in [5.41, 5.74) is 1.27. The van der Waals surface area contributed by atoms with Gasteiger partial charge in [-0.2, -0.15) is 10.4 Å². The Morgan fingerprint density at radius 3 is 2.89 bits per heavy atom. The quantitative estimate of drug-likeness (QED) is 0.892. The van der Waals surface area contributed by atoms with Crippen LogP contribution in [0.25, 0.3) is 0 Å². The molecule has 2 aromatic rings. The molecule has 2 rings (SSSR count). The standard InChI is InChI=1S/C13H12N4O/c1-2-17-8-7-12(16-17)13(18)15-11-6-4-3-5-10(11)9-14/h3-8H,2H2,1H3,(H,15,18). The Bertz CT molecular complexity index is 609. The molecule has 0 unspecified atom stereocenters. The van der Waals surface area contributed by atoms with Gasteiger partial charge in [0.05, 0.1) is 11.3 Å². The van der Waals surface area contributed by atoms with E-state index in [1.54, 1.807) is 41.2 Å². The Labute approximate surface area is 105 Å². The molecule has 0 aliphatic heterocycles. The highest BCUT2D eigenvalue weighted by molar-refractivity contribution is 6.03. The number of amides is 1. The fourth-order valence-electron chi connectivity index (χ4n) is 1.53. The van der Waals surface area contributed by atoms with Crippen molar-refractivity contribution >= 4 is 11.6 Å². The lowest BCUT2D eigenvalue weighted by Gasteiger charge is -2.04. The van der Waals surface area contributed by atoms with E-state index in [1.165, 1.54) is 0 Å². The number of hydrogen-bond donors (Lipinski definition) is 1. The second-order valence-corrected chi connectivity index (χ2v) is 3.67. The second kappa shape index (κ2) is 5.15. The molecular weight excluding hydrogens is 228 g/mol. The van der Waals surface area contributed by atoms with Gasteiger partial charge in [0, 0.05) is 12.7 Å². The summed E-state index contributed by atoms with van der Waals surface area (Å²) < 4.78 is 1.67. The van der Waals surface area contributed by atoms with E-state index in [4.69, 9.17) is 5.26 Å². The zero-order valence-electron chi connectivity index (χ0n) is 9.92. The molecule has 0 fully saturated rings. The largest absolute Gasteiger partial charge is 0.319 e. The summed E-state index contributed by atoms with van der Waals surface area (Å²) >= 11 is 0. The van der Waals surface area contributed by atoms with Crippen molar-refractivity contribution in [3.63, 3.8) is 0 Å². The van der Waals surface area contributed by atoms with E-state index in [9.17, 15) is 4.79 Å². The minimum absolute atomic E-state index is 0.315. The minimum Gasteiger partial charge on any atom is -0.319 e. The van der Waals surface area contributed by atoms with Crippen LogP contribution in [0, 0.1) is 11.3 Å². The van der Waals surface area contributed by atoms with Gasteiger partial charge in [0.1, 0.15) is 6.07 Å². The van der Waals surface area contributed by atoms with Crippen LogP contribution in [0.1, 0.15) is 23.0 Å². The molecule has 5 heteroatoms. The van der Waals surface area contributed by atoms with Crippen LogP contribution >= 0.6 is 0 Å². The lowest BCUT2D eigenvalue weighted by atomic mass is 10.2. The number of aromatic nitrogens is 2. The van der Waals surface area contributed by atoms with E-state index >= 15 is 0 Å². The Morgan fingerprint density at radius 1 is 1.44 bits per heavy atom. The number of nitrogens with one attached hydrogen (secondary N) is 1. The smallest absolute Gasteiger partial charge is 0.276 e. The molecule has 0 atom stereocenters. The number of nitrogens with zero attached hydrogens (tertiary/aromatic N) is 3. The summed E-state index contributed by atoms with van der Waals surface area (Å²) in [6, 6.07) is 10.5. The first-order valence-corrected chi connectivity index (χ1v) is 5.58. The number of carbonyl (C=O) groups excluding carboxylic acids is 1. The van der Waals surface area contributed by atoms with Gasteiger partial charge in [0.15, 0.2) is 5.69 Å². The van der Waals surface area contributed by atoms with Gasteiger partial charge in [-0.15, -0.1) is 0 Å². The van der Waals surface area contributed by atoms with Crippen LogP contribution in [-0.4, -0.2) is 15.7 Å². The molecule has 1 aromatic carbocycles. The number of anilines is 1. The molecule has 5 nitrogen and oxygen atoms in total. The fourth-order valence-corrected chi connectivity index (χ4v) is 1.53. The highest BCUT2D eigenvalue weighted by Crippen LogP contribution is 2.14. The van der Waals surface area contributed by atoms with Crippen molar-refractivity contribution in [3.8, 4) is 6.07 Å². The molecule has 0 spiro atoms. The van der Waals surface area contributed by atoms with Crippen LogP contribution in [0.15, 0.2) is 36.5 Å². The fraction of sp³-hybridized carbons (Fsp3) is 0.154. The summed E-state index contributed by atoms with van der Waals surface area (Å²) in [6.07, 6.45) is 1.74. The second-order valence-electron chi connectivity index (χ2n) is 3.67. The Morgan fingerprint density at radius 2 is 2.22 bits per heavy atom. The van der Waals surface area contributed by atoms with Crippen molar-refractivity contribution < 1.29 is 4.79 Å². The average Bonchev–Trinajstić information content (AvgIpc) is 2.88. The van der Waals surface area contributed by atoms with Crippen LogP contribution in [0.4, 0.5) is 5.69 Å². The van der Waals surface area contributed by atoms with Gasteiger partial charge in [-0.1, -0.05) is 12.1 Å². The maximum Gasteiger partial charge on any atom is 0.276 e. The molecule has 1 amide bonds. The summed E-state index contributed by atoms with van der Waals surface area (Å²) in [5, 5.41) is 15.7. The number of rotatable bonds is 3. The van der Waals surface area contributed by atoms with Crippen LogP contribution < -0.4 is 5.32 Å². The Balaban J connectivity index is 2.19. The van der Waals surface area contributed by atoms with Gasteiger partial charge in [-0.3, -0.25) is 9.48 Å². The summed E-state index contributed by atoms with van der Waals surface area (Å²) in [6.45, 7) is 2.65. The predicted octanol–water partition coefficient (Wildman–Crippen LogP) is 2.03. The van der Waals surface area contributed by atoms with E-state index in [1.807, 2.05) is 13.0 Å². The predicted molar refractivity (Wildman–Crippen MR) is 67.0 cm³/mol. The Kier molecular flexibility index (Phi) is 3.39. The third-order valence-electron chi connectivity index (χ3n) is 2.49. The summed E-state index contributed by atoms with van der Waals surface area (Å²) in [4.78, 5) is 11.9. The number of carbonyl (C=O) groups is 1. The van der Waals surface area contributed by atoms with E-state index in [0.29, 0.717) is 23.5 Å². The lowest BCUT2D eigenvalue weighted by Crippen LogP contribution is -2.14. The van der Waals surface area contributed by atoms with Gasteiger partial charge in [-0.25, -0.2) is 0 Å². The van der Waals surface area contributed by atoms with Crippen LogP contribution in [0.3, 0.4) is 0 Å². The van der Waals surface area contributed by atoms with Crippen molar-refractivity contribution in [2.75, 3.05) is 5.32 Å². The molecule has 0 aliphatic rings. The monoisotopic (exact) mass is 240 g/mol. The van der Waals surface area contributed by atoms with Gasteiger partial charge in [-0.05, 0) is 25.1 Å². The SMILES string of the molecule is CCn1ccc(C(=O)Nc2ccccc2C#N)n1. The minimum atomic E-state index is -0.315. The highest BCUT2D eigenvalue weighted by atomic mass is 16.1. The van der Waals surface area contributed by atoms with Gasteiger partial charge in [0.2, 0.25) is 0 Å². The van der Waals surface area contributed by atoms with E-state index < -0.39 is 0 Å². The first kappa shape index (κ1) is 11.9. The van der Waals surface area contributed by atoms with Crippen molar-refractivity contribution in [2.45, 2.75) is 13.5 Å². The molecule has 0 saturated heterocycles. The van der Waals surface area contributed by atoms with Gasteiger partial charge >= 0.3 is 0 Å². The number of hydrogen-bond acceptors (Lipinski definition) is 3. The molecule has 0 bridgehead atoms. The molecule has 0 radical (unpaired) electrons. The lowest BCUT2D eigenvalue weighted by molar-refractivity contribution is 0.102. The third kappa shape index (κ3) is 2.38. The van der Waals surface area contributed by atoms with Crippen LogP contribution in [0.2, 0.25) is 0 Å². The first-order valence-electron chi connectivity index (χ1n) is 5.58. The summed E-state index contributed by atoms with van der Waals surface area (Å²) in [5.74, 6) is -0.315. The molecule has 1 aromatic heterocycles. The number of aryl methyl sites for hydroxylation is 1. The third-order valence-corrected chi connectivity index (χ3v) is 2.49. The highest BCUT2D eigenvalue weighted by Gasteiger charge is 2.11. The molecule has 1 heterocycles. The molecular formula is C13H12N4O. The molecule has 1 N–H and O–H groups in total. The normalized spacial score (nSPS) is 9.78. The Hall–Kier alpha value is -2.61. The molecule has 18 heavy (non-hydrogen) atoms. The van der Waals surface area contributed by atoms with Crippen molar-refractivity contribution in [3.05, 3.63) is 47.8 Å². The molecule has 0 saturated carbocycles. The van der Waals surface area contributed by atoms with Crippen molar-refractivity contribution in [2.24, 2.45) is 0 Å². The molecule has 90 valence electrons. The van der Waals surface area contributed by atoms with Crippen LogP contribution in [0.5, 0.6) is 0 Å².